The van der Waals surface area contributed by atoms with Crippen LogP contribution in [0.2, 0.25) is 5.02 Å². The second-order valence-corrected chi connectivity index (χ2v) is 7.52. The van der Waals surface area contributed by atoms with Crippen molar-refractivity contribution in [3.8, 4) is 0 Å². The molecule has 1 aromatic heterocycles. The zero-order chi connectivity index (χ0) is 14.8. The molecule has 4 nitrogen and oxygen atoms in total. The third-order valence-corrected chi connectivity index (χ3v) is 5.76. The topological polar surface area (TPSA) is 66.4 Å². The summed E-state index contributed by atoms with van der Waals surface area (Å²) in [7, 11) is -3.65. The smallest absolute Gasteiger partial charge is 0.250 e. The molecule has 20 heavy (non-hydrogen) atoms. The Bertz CT molecular complexity index is 715. The van der Waals surface area contributed by atoms with Crippen LogP contribution in [0.25, 0.3) is 0 Å². The lowest BCUT2D eigenvalue weighted by Gasteiger charge is -2.05. The molecular formula is C12H11ClFNO3S2. The highest BCUT2D eigenvalue weighted by molar-refractivity contribution is 7.91. The van der Waals surface area contributed by atoms with Crippen molar-refractivity contribution < 1.29 is 17.9 Å². The number of halogens is 2. The first-order chi connectivity index (χ1) is 9.42. The fourth-order valence-electron chi connectivity index (χ4n) is 1.49. The van der Waals surface area contributed by atoms with Gasteiger partial charge in [-0.1, -0.05) is 17.7 Å². The predicted octanol–water partition coefficient (Wildman–Crippen LogP) is 2.51. The van der Waals surface area contributed by atoms with Crippen molar-refractivity contribution in [2.45, 2.75) is 17.4 Å². The number of hydrogen-bond donors (Lipinski definition) is 2. The van der Waals surface area contributed by atoms with Crippen LogP contribution in [0, 0.1) is 5.82 Å². The molecule has 1 heterocycles. The van der Waals surface area contributed by atoms with Gasteiger partial charge < -0.3 is 5.11 Å². The Morgan fingerprint density at radius 3 is 2.65 bits per heavy atom. The maximum Gasteiger partial charge on any atom is 0.250 e. The Hall–Kier alpha value is -0.990. The van der Waals surface area contributed by atoms with Gasteiger partial charge in [-0.3, -0.25) is 0 Å². The zero-order valence-corrected chi connectivity index (χ0v) is 12.5. The van der Waals surface area contributed by atoms with Gasteiger partial charge in [-0.2, -0.15) is 0 Å². The van der Waals surface area contributed by atoms with Crippen molar-refractivity contribution in [2.75, 3.05) is 0 Å². The summed E-state index contributed by atoms with van der Waals surface area (Å²) >= 11 is 6.62. The molecule has 0 saturated heterocycles. The molecule has 0 aliphatic carbocycles. The maximum atomic E-state index is 13.0. The summed E-state index contributed by atoms with van der Waals surface area (Å²) in [6, 6.07) is 6.98. The first kappa shape index (κ1) is 15.4. The van der Waals surface area contributed by atoms with E-state index in [0.717, 1.165) is 11.3 Å². The molecular weight excluding hydrogens is 325 g/mol. The van der Waals surface area contributed by atoms with Crippen molar-refractivity contribution in [2.24, 2.45) is 0 Å². The van der Waals surface area contributed by atoms with Gasteiger partial charge in [-0.25, -0.2) is 17.5 Å². The van der Waals surface area contributed by atoms with Crippen LogP contribution < -0.4 is 4.72 Å². The van der Waals surface area contributed by atoms with Gasteiger partial charge in [0.05, 0.1) is 11.6 Å². The van der Waals surface area contributed by atoms with Crippen LogP contribution in [0.15, 0.2) is 34.5 Å². The largest absolute Gasteiger partial charge is 0.391 e. The number of rotatable bonds is 5. The fourth-order valence-corrected chi connectivity index (χ4v) is 3.97. The molecule has 2 N–H and O–H groups in total. The zero-order valence-electron chi connectivity index (χ0n) is 10.1. The van der Waals surface area contributed by atoms with Gasteiger partial charge in [0.1, 0.15) is 10.0 Å². The number of nitrogens with one attached hydrogen (secondary N) is 1. The van der Waals surface area contributed by atoms with E-state index in [2.05, 4.69) is 4.72 Å². The minimum atomic E-state index is -3.65. The number of thiophene rings is 1. The first-order valence-electron chi connectivity index (χ1n) is 5.55. The van der Waals surface area contributed by atoms with E-state index < -0.39 is 15.8 Å². The molecule has 0 amide bonds. The number of sulfonamides is 1. The Labute approximate surface area is 124 Å². The molecule has 108 valence electrons. The van der Waals surface area contributed by atoms with E-state index in [1.54, 1.807) is 6.07 Å². The minimum Gasteiger partial charge on any atom is -0.391 e. The van der Waals surface area contributed by atoms with Crippen molar-refractivity contribution in [1.82, 2.24) is 4.72 Å². The van der Waals surface area contributed by atoms with E-state index in [-0.39, 0.29) is 22.4 Å². The monoisotopic (exact) mass is 335 g/mol. The van der Waals surface area contributed by atoms with Gasteiger partial charge >= 0.3 is 0 Å². The summed E-state index contributed by atoms with van der Waals surface area (Å²) in [6.45, 7) is -0.192. The fraction of sp³-hybridized carbons (Fsp3) is 0.167. The Morgan fingerprint density at radius 1 is 1.30 bits per heavy atom. The van der Waals surface area contributed by atoms with Gasteiger partial charge in [0, 0.05) is 11.4 Å². The molecule has 0 atom stereocenters. The van der Waals surface area contributed by atoms with Crippen molar-refractivity contribution in [3.63, 3.8) is 0 Å². The average molecular weight is 336 g/mol. The summed E-state index contributed by atoms with van der Waals surface area (Å²) in [4.78, 5) is 0.565. The number of benzene rings is 1. The molecule has 0 fully saturated rings. The molecule has 0 spiro atoms. The van der Waals surface area contributed by atoms with E-state index >= 15 is 0 Å². The van der Waals surface area contributed by atoms with Crippen LogP contribution >= 0.6 is 22.9 Å². The van der Waals surface area contributed by atoms with Crippen LogP contribution in [-0.2, 0) is 23.2 Å². The highest BCUT2D eigenvalue weighted by Gasteiger charge is 2.16. The number of hydrogen-bond acceptors (Lipinski definition) is 4. The Kier molecular flexibility index (Phi) is 4.77. The Balaban J connectivity index is 2.10. The van der Waals surface area contributed by atoms with Crippen LogP contribution in [0.1, 0.15) is 10.4 Å². The lowest BCUT2D eigenvalue weighted by atomic mass is 10.2. The summed E-state index contributed by atoms with van der Waals surface area (Å²) in [5.41, 5.74) is 0.555. The molecule has 8 heteroatoms. The molecule has 0 saturated carbocycles. The molecule has 0 bridgehead atoms. The first-order valence-corrected chi connectivity index (χ1v) is 8.23. The van der Waals surface area contributed by atoms with Crippen molar-refractivity contribution in [3.05, 3.63) is 51.6 Å². The van der Waals surface area contributed by atoms with Crippen molar-refractivity contribution in [1.29, 1.82) is 0 Å². The van der Waals surface area contributed by atoms with Gasteiger partial charge in [0.25, 0.3) is 0 Å². The van der Waals surface area contributed by atoms with E-state index in [0.29, 0.717) is 10.4 Å². The third-order valence-electron chi connectivity index (χ3n) is 2.51. The lowest BCUT2D eigenvalue weighted by Crippen LogP contribution is -2.22. The van der Waals surface area contributed by atoms with Crippen LogP contribution in [-0.4, -0.2) is 13.5 Å². The average Bonchev–Trinajstić information content (AvgIpc) is 2.90. The summed E-state index contributed by atoms with van der Waals surface area (Å²) in [5.74, 6) is -0.552. The molecule has 1 aromatic carbocycles. The molecule has 0 unspecified atom stereocenters. The molecule has 2 aromatic rings. The molecule has 0 aliphatic rings. The second-order valence-electron chi connectivity index (χ2n) is 3.95. The molecule has 2 rings (SSSR count). The highest BCUT2D eigenvalue weighted by atomic mass is 35.5. The number of aliphatic hydroxyl groups is 1. The number of aliphatic hydroxyl groups excluding tert-OH is 1. The van der Waals surface area contributed by atoms with Gasteiger partial charge in [0.2, 0.25) is 10.0 Å². The predicted molar refractivity (Wildman–Crippen MR) is 75.7 cm³/mol. The quantitative estimate of drug-likeness (QED) is 0.882. The van der Waals surface area contributed by atoms with E-state index in [4.69, 9.17) is 16.7 Å². The van der Waals surface area contributed by atoms with E-state index in [1.807, 2.05) is 0 Å². The summed E-state index contributed by atoms with van der Waals surface area (Å²) < 4.78 is 39.5. The van der Waals surface area contributed by atoms with Crippen LogP contribution in [0.4, 0.5) is 4.39 Å². The van der Waals surface area contributed by atoms with Crippen molar-refractivity contribution >= 4 is 33.0 Å². The Morgan fingerprint density at radius 2 is 2.05 bits per heavy atom. The van der Waals surface area contributed by atoms with Crippen LogP contribution in [0.3, 0.4) is 0 Å². The van der Waals surface area contributed by atoms with Crippen LogP contribution in [0.5, 0.6) is 0 Å². The van der Waals surface area contributed by atoms with Gasteiger partial charge in [0.15, 0.2) is 0 Å². The van der Waals surface area contributed by atoms with Gasteiger partial charge in [-0.15, -0.1) is 11.3 Å². The van der Waals surface area contributed by atoms with E-state index in [1.165, 1.54) is 24.3 Å². The molecule has 0 aliphatic heterocycles. The SMILES string of the molecule is O=S(=O)(NCc1ccc(F)c(Cl)c1)c1ccc(CO)s1. The minimum absolute atomic E-state index is 0.00862. The summed E-state index contributed by atoms with van der Waals surface area (Å²) in [5, 5.41) is 8.87. The standard InChI is InChI=1S/C12H11ClFNO3S2/c13-10-5-8(1-3-11(10)14)6-15-20(17,18)12-4-2-9(7-16)19-12/h1-5,15-16H,6-7H2. The summed E-state index contributed by atoms with van der Waals surface area (Å²) in [6.07, 6.45) is 0. The highest BCUT2D eigenvalue weighted by Crippen LogP contribution is 2.22. The second kappa shape index (κ2) is 6.19. The third kappa shape index (κ3) is 3.56. The van der Waals surface area contributed by atoms with E-state index in [9.17, 15) is 12.8 Å². The maximum absolute atomic E-state index is 13.0. The van der Waals surface area contributed by atoms with Gasteiger partial charge in [-0.05, 0) is 29.8 Å². The lowest BCUT2D eigenvalue weighted by molar-refractivity contribution is 0.285. The normalized spacial score (nSPS) is 11.8. The molecule has 0 radical (unpaired) electrons.